The molecule has 1 aromatic heterocycles. The summed E-state index contributed by atoms with van der Waals surface area (Å²) in [6.45, 7) is 1.68. The fourth-order valence-corrected chi connectivity index (χ4v) is 2.19. The highest BCUT2D eigenvalue weighted by Crippen LogP contribution is 2.23. The number of nitro benzene ring substituents is 1. The maximum absolute atomic E-state index is 11.8. The van der Waals surface area contributed by atoms with Gasteiger partial charge in [0.25, 0.3) is 5.69 Å². The van der Waals surface area contributed by atoms with Crippen LogP contribution in [0.4, 0.5) is 5.69 Å². The van der Waals surface area contributed by atoms with E-state index >= 15 is 0 Å². The fourth-order valence-electron chi connectivity index (χ4n) is 1.57. The lowest BCUT2D eigenvalue weighted by Gasteiger charge is -2.12. The van der Waals surface area contributed by atoms with Crippen molar-refractivity contribution in [2.45, 2.75) is 13.0 Å². The molecule has 98 valence electrons. The number of ether oxygens (including phenoxy) is 1. The first-order chi connectivity index (χ1) is 9.08. The highest BCUT2D eigenvalue weighted by molar-refractivity contribution is 7.08. The van der Waals surface area contributed by atoms with Crippen LogP contribution in [0.2, 0.25) is 0 Å². The monoisotopic (exact) mass is 277 g/mol. The normalized spacial score (nSPS) is 11.8. The van der Waals surface area contributed by atoms with Gasteiger partial charge in [0.1, 0.15) is 6.10 Å². The molecule has 0 aliphatic carbocycles. The number of esters is 1. The van der Waals surface area contributed by atoms with Crippen molar-refractivity contribution in [2.75, 3.05) is 0 Å². The predicted octanol–water partition coefficient (Wildman–Crippen LogP) is 3.57. The molecule has 19 heavy (non-hydrogen) atoms. The van der Waals surface area contributed by atoms with E-state index in [0.717, 1.165) is 0 Å². The number of benzene rings is 1. The van der Waals surface area contributed by atoms with Crippen molar-refractivity contribution in [3.63, 3.8) is 0 Å². The van der Waals surface area contributed by atoms with Crippen LogP contribution in [0.3, 0.4) is 0 Å². The zero-order valence-electron chi connectivity index (χ0n) is 10.1. The van der Waals surface area contributed by atoms with Crippen LogP contribution in [0.1, 0.15) is 28.9 Å². The zero-order valence-corrected chi connectivity index (χ0v) is 10.9. The number of rotatable bonds is 4. The third-order valence-electron chi connectivity index (χ3n) is 2.59. The molecule has 1 aromatic carbocycles. The van der Waals surface area contributed by atoms with Crippen molar-refractivity contribution in [3.05, 3.63) is 62.3 Å². The highest BCUT2D eigenvalue weighted by Gasteiger charge is 2.16. The van der Waals surface area contributed by atoms with Crippen molar-refractivity contribution in [2.24, 2.45) is 0 Å². The minimum Gasteiger partial charge on any atom is -0.454 e. The van der Waals surface area contributed by atoms with Gasteiger partial charge >= 0.3 is 5.97 Å². The molecule has 0 aliphatic heterocycles. The van der Waals surface area contributed by atoms with Crippen molar-refractivity contribution < 1.29 is 14.5 Å². The van der Waals surface area contributed by atoms with Crippen LogP contribution in [-0.4, -0.2) is 10.9 Å². The molecule has 6 heteroatoms. The average Bonchev–Trinajstić information content (AvgIpc) is 2.92. The van der Waals surface area contributed by atoms with E-state index in [1.807, 2.05) is 0 Å². The number of non-ortho nitro benzene ring substituents is 1. The lowest BCUT2D eigenvalue weighted by molar-refractivity contribution is -0.385. The minimum absolute atomic E-state index is 0.0177. The number of nitro groups is 1. The van der Waals surface area contributed by atoms with Gasteiger partial charge in [-0.05, 0) is 23.9 Å². The van der Waals surface area contributed by atoms with Crippen molar-refractivity contribution in [3.8, 4) is 0 Å². The molecule has 5 nitrogen and oxygen atoms in total. The van der Waals surface area contributed by atoms with Crippen molar-refractivity contribution in [1.82, 2.24) is 0 Å². The summed E-state index contributed by atoms with van der Waals surface area (Å²) in [5, 5.41) is 14.2. The van der Waals surface area contributed by atoms with Gasteiger partial charge in [-0.25, -0.2) is 4.79 Å². The van der Waals surface area contributed by atoms with Gasteiger partial charge in [0, 0.05) is 17.5 Å². The molecule has 0 N–H and O–H groups in total. The maximum atomic E-state index is 11.8. The molecule has 0 fully saturated rings. The van der Waals surface area contributed by atoms with Gasteiger partial charge in [0.05, 0.1) is 10.5 Å². The Bertz CT molecular complexity index is 594. The topological polar surface area (TPSA) is 69.4 Å². The molecule has 0 saturated heterocycles. The summed E-state index contributed by atoms with van der Waals surface area (Å²) in [5.74, 6) is -0.430. The molecular formula is C13H11NO4S. The molecule has 2 aromatic rings. The molecule has 0 radical (unpaired) electrons. The Morgan fingerprint density at radius 3 is 2.84 bits per heavy atom. The number of thiophene rings is 1. The SMILES string of the molecule is CC(OC(=O)c1ccsc1)c1cccc([N+](=O)[O-])c1. The van der Waals surface area contributed by atoms with E-state index < -0.39 is 17.0 Å². The second kappa shape index (κ2) is 5.62. The van der Waals surface area contributed by atoms with Gasteiger partial charge < -0.3 is 4.74 Å². The standard InChI is InChI=1S/C13H11NO4S/c1-9(18-13(15)11-5-6-19-8-11)10-3-2-4-12(7-10)14(16)17/h2-9H,1H3. The summed E-state index contributed by atoms with van der Waals surface area (Å²) in [4.78, 5) is 22.0. The average molecular weight is 277 g/mol. The van der Waals surface area contributed by atoms with Gasteiger partial charge in [-0.15, -0.1) is 0 Å². The molecule has 0 bridgehead atoms. The molecule has 0 spiro atoms. The zero-order chi connectivity index (χ0) is 13.8. The highest BCUT2D eigenvalue weighted by atomic mass is 32.1. The van der Waals surface area contributed by atoms with E-state index in [9.17, 15) is 14.9 Å². The number of hydrogen-bond donors (Lipinski definition) is 0. The first-order valence-electron chi connectivity index (χ1n) is 5.55. The van der Waals surface area contributed by atoms with E-state index in [1.165, 1.54) is 23.5 Å². The first-order valence-corrected chi connectivity index (χ1v) is 6.49. The lowest BCUT2D eigenvalue weighted by atomic mass is 10.1. The molecule has 0 aliphatic rings. The summed E-state index contributed by atoms with van der Waals surface area (Å²) in [7, 11) is 0. The predicted molar refractivity (Wildman–Crippen MR) is 71.2 cm³/mol. The summed E-state index contributed by atoms with van der Waals surface area (Å²) in [6, 6.07) is 7.75. The van der Waals surface area contributed by atoms with Crippen LogP contribution in [0.25, 0.3) is 0 Å². The second-order valence-electron chi connectivity index (χ2n) is 3.91. The third-order valence-corrected chi connectivity index (χ3v) is 3.27. The molecular weight excluding hydrogens is 266 g/mol. The summed E-state index contributed by atoms with van der Waals surface area (Å²) >= 11 is 1.41. The van der Waals surface area contributed by atoms with Crippen LogP contribution in [0.15, 0.2) is 41.1 Å². The molecule has 0 saturated carbocycles. The number of nitrogens with zero attached hydrogens (tertiary/aromatic N) is 1. The first kappa shape index (κ1) is 13.2. The Morgan fingerprint density at radius 2 is 2.21 bits per heavy atom. The Balaban J connectivity index is 2.11. The van der Waals surface area contributed by atoms with Crippen LogP contribution < -0.4 is 0 Å². The van der Waals surface area contributed by atoms with Gasteiger partial charge in [0.15, 0.2) is 0 Å². The van der Waals surface area contributed by atoms with E-state index in [4.69, 9.17) is 4.74 Å². The van der Waals surface area contributed by atoms with Crippen molar-refractivity contribution in [1.29, 1.82) is 0 Å². The third kappa shape index (κ3) is 3.17. The lowest BCUT2D eigenvalue weighted by Crippen LogP contribution is -2.08. The summed E-state index contributed by atoms with van der Waals surface area (Å²) in [6.07, 6.45) is -0.535. The second-order valence-corrected chi connectivity index (χ2v) is 4.69. The maximum Gasteiger partial charge on any atom is 0.339 e. The number of hydrogen-bond acceptors (Lipinski definition) is 5. The van der Waals surface area contributed by atoms with Crippen molar-refractivity contribution >= 4 is 23.0 Å². The van der Waals surface area contributed by atoms with E-state index in [0.29, 0.717) is 11.1 Å². The van der Waals surface area contributed by atoms with Gasteiger partial charge in [0.2, 0.25) is 0 Å². The molecule has 1 heterocycles. The summed E-state index contributed by atoms with van der Waals surface area (Å²) < 4.78 is 5.26. The Kier molecular flexibility index (Phi) is 3.91. The molecule has 1 atom stereocenters. The van der Waals surface area contributed by atoms with Crippen LogP contribution >= 0.6 is 11.3 Å². The molecule has 2 rings (SSSR count). The largest absolute Gasteiger partial charge is 0.454 e. The Hall–Kier alpha value is -2.21. The molecule has 1 unspecified atom stereocenters. The van der Waals surface area contributed by atoms with E-state index in [1.54, 1.807) is 35.9 Å². The van der Waals surface area contributed by atoms with Gasteiger partial charge in [-0.1, -0.05) is 12.1 Å². The number of carbonyl (C=O) groups is 1. The molecule has 0 amide bonds. The van der Waals surface area contributed by atoms with Crippen LogP contribution in [-0.2, 0) is 4.74 Å². The van der Waals surface area contributed by atoms with Crippen LogP contribution in [0.5, 0.6) is 0 Å². The Morgan fingerprint density at radius 1 is 1.42 bits per heavy atom. The van der Waals surface area contributed by atoms with Gasteiger partial charge in [-0.3, -0.25) is 10.1 Å². The van der Waals surface area contributed by atoms with Gasteiger partial charge in [-0.2, -0.15) is 11.3 Å². The van der Waals surface area contributed by atoms with E-state index in [2.05, 4.69) is 0 Å². The quantitative estimate of drug-likeness (QED) is 0.486. The Labute approximate surface area is 113 Å². The van der Waals surface area contributed by atoms with E-state index in [-0.39, 0.29) is 5.69 Å². The fraction of sp³-hybridized carbons (Fsp3) is 0.154. The van der Waals surface area contributed by atoms with Crippen LogP contribution in [0, 0.1) is 10.1 Å². The smallest absolute Gasteiger partial charge is 0.339 e. The minimum atomic E-state index is -0.535. The summed E-state index contributed by atoms with van der Waals surface area (Å²) in [5.41, 5.74) is 1.07. The number of carbonyl (C=O) groups excluding carboxylic acids is 1.